The molecule has 1 N–H and O–H groups in total. The summed E-state index contributed by atoms with van der Waals surface area (Å²) in [6, 6.07) is 13.3. The molecule has 166 valence electrons. The van der Waals surface area contributed by atoms with Gasteiger partial charge in [0, 0.05) is 0 Å². The lowest BCUT2D eigenvalue weighted by Gasteiger charge is -2.29. The number of anilines is 1. The smallest absolute Gasteiger partial charge is 0.415 e. The van der Waals surface area contributed by atoms with Crippen LogP contribution in [0.15, 0.2) is 42.5 Å². The van der Waals surface area contributed by atoms with E-state index in [-0.39, 0.29) is 5.56 Å². The van der Waals surface area contributed by atoms with Gasteiger partial charge in [0.05, 0.1) is 17.8 Å². The summed E-state index contributed by atoms with van der Waals surface area (Å²) in [5.41, 5.74) is 3.30. The maximum atomic E-state index is 13.0. The third-order valence-corrected chi connectivity index (χ3v) is 5.75. The molecule has 0 atom stereocenters. The predicted molar refractivity (Wildman–Crippen MR) is 123 cm³/mol. The van der Waals surface area contributed by atoms with Crippen LogP contribution >= 0.6 is 0 Å². The van der Waals surface area contributed by atoms with Crippen molar-refractivity contribution in [2.24, 2.45) is 0 Å². The van der Waals surface area contributed by atoms with E-state index in [1.807, 2.05) is 27.7 Å². The highest BCUT2D eigenvalue weighted by Crippen LogP contribution is 2.33. The van der Waals surface area contributed by atoms with Crippen molar-refractivity contribution in [3.8, 4) is 0 Å². The lowest BCUT2D eigenvalue weighted by atomic mass is 9.84. The quantitative estimate of drug-likeness (QED) is 0.582. The first-order chi connectivity index (χ1) is 14.6. The molecule has 5 nitrogen and oxygen atoms in total. The van der Waals surface area contributed by atoms with Crippen molar-refractivity contribution >= 4 is 17.7 Å². The second-order valence-corrected chi connectivity index (χ2v) is 9.45. The summed E-state index contributed by atoms with van der Waals surface area (Å²) < 4.78 is 5.65. The molecule has 0 saturated heterocycles. The van der Waals surface area contributed by atoms with Gasteiger partial charge in [-0.15, -0.1) is 0 Å². The third kappa shape index (κ3) is 6.09. The Kier molecular flexibility index (Phi) is 7.04. The number of benzene rings is 2. The van der Waals surface area contributed by atoms with Gasteiger partial charge in [-0.2, -0.15) is 0 Å². The van der Waals surface area contributed by atoms with Gasteiger partial charge in [0.1, 0.15) is 5.60 Å². The Labute approximate surface area is 185 Å². The zero-order chi connectivity index (χ0) is 22.6. The van der Waals surface area contributed by atoms with Gasteiger partial charge in [-0.05, 0) is 81.3 Å². The largest absolute Gasteiger partial charge is 0.478 e. The standard InChI is InChI=1S/C26H33NO4/c1-18-16-22(24(28)29)14-15-23(18)27(25(30)31-26(2,3)4)17-19-10-12-21(13-11-19)20-8-6-5-7-9-20/h10-16,20H,5-9,17H2,1-4H3,(H,28,29). The summed E-state index contributed by atoms with van der Waals surface area (Å²) in [6.45, 7) is 7.67. The Balaban J connectivity index is 1.86. The number of hydrogen-bond acceptors (Lipinski definition) is 3. The molecule has 1 aliphatic carbocycles. The Morgan fingerprint density at radius 2 is 1.68 bits per heavy atom. The predicted octanol–water partition coefficient (Wildman–Crippen LogP) is 6.68. The van der Waals surface area contributed by atoms with Crippen molar-refractivity contribution in [2.75, 3.05) is 4.90 Å². The van der Waals surface area contributed by atoms with Crippen LogP contribution in [-0.2, 0) is 11.3 Å². The van der Waals surface area contributed by atoms with E-state index in [2.05, 4.69) is 24.3 Å². The molecule has 0 aromatic heterocycles. The van der Waals surface area contributed by atoms with Gasteiger partial charge in [0.25, 0.3) is 0 Å². The van der Waals surface area contributed by atoms with Gasteiger partial charge in [0.15, 0.2) is 0 Å². The van der Waals surface area contributed by atoms with Crippen molar-refractivity contribution in [1.29, 1.82) is 0 Å². The highest BCUT2D eigenvalue weighted by Gasteiger charge is 2.25. The summed E-state index contributed by atoms with van der Waals surface area (Å²) in [6.07, 6.45) is 5.97. The number of rotatable bonds is 5. The van der Waals surface area contributed by atoms with Gasteiger partial charge < -0.3 is 9.84 Å². The minimum absolute atomic E-state index is 0.197. The van der Waals surface area contributed by atoms with Gasteiger partial charge in [-0.25, -0.2) is 9.59 Å². The van der Waals surface area contributed by atoms with Gasteiger partial charge >= 0.3 is 12.1 Å². The van der Waals surface area contributed by atoms with E-state index in [9.17, 15) is 14.7 Å². The number of hydrogen-bond donors (Lipinski definition) is 1. The van der Waals surface area contributed by atoms with Crippen LogP contribution in [0.3, 0.4) is 0 Å². The van der Waals surface area contributed by atoms with Crippen molar-refractivity contribution in [1.82, 2.24) is 0 Å². The number of amides is 1. The number of carboxylic acids is 1. The fraction of sp³-hybridized carbons (Fsp3) is 0.462. The van der Waals surface area contributed by atoms with E-state index < -0.39 is 17.7 Å². The number of nitrogens with zero attached hydrogens (tertiary/aromatic N) is 1. The van der Waals surface area contributed by atoms with Gasteiger partial charge in [-0.1, -0.05) is 43.5 Å². The average molecular weight is 424 g/mol. The Morgan fingerprint density at radius 1 is 1.03 bits per heavy atom. The van der Waals surface area contributed by atoms with Crippen LogP contribution in [0, 0.1) is 6.92 Å². The van der Waals surface area contributed by atoms with Crippen LogP contribution in [-0.4, -0.2) is 22.8 Å². The van der Waals surface area contributed by atoms with Crippen LogP contribution in [0.25, 0.3) is 0 Å². The number of ether oxygens (including phenoxy) is 1. The Morgan fingerprint density at radius 3 is 2.23 bits per heavy atom. The van der Waals surface area contributed by atoms with E-state index in [0.29, 0.717) is 23.7 Å². The van der Waals surface area contributed by atoms with E-state index >= 15 is 0 Å². The lowest BCUT2D eigenvalue weighted by Crippen LogP contribution is -2.37. The molecule has 5 heteroatoms. The summed E-state index contributed by atoms with van der Waals surface area (Å²) in [5, 5.41) is 9.26. The van der Waals surface area contributed by atoms with Crippen LogP contribution in [0.5, 0.6) is 0 Å². The van der Waals surface area contributed by atoms with Gasteiger partial charge in [0.2, 0.25) is 0 Å². The van der Waals surface area contributed by atoms with Crippen molar-refractivity contribution in [3.05, 3.63) is 64.7 Å². The molecule has 2 aromatic carbocycles. The monoisotopic (exact) mass is 423 g/mol. The Bertz CT molecular complexity index is 921. The van der Waals surface area contributed by atoms with E-state index in [1.54, 1.807) is 17.0 Å². The Hall–Kier alpha value is -2.82. The van der Waals surface area contributed by atoms with Crippen LogP contribution in [0.4, 0.5) is 10.5 Å². The second-order valence-electron chi connectivity index (χ2n) is 9.45. The highest BCUT2D eigenvalue weighted by atomic mass is 16.6. The fourth-order valence-electron chi connectivity index (χ4n) is 4.17. The zero-order valence-corrected chi connectivity index (χ0v) is 19.0. The fourth-order valence-corrected chi connectivity index (χ4v) is 4.17. The zero-order valence-electron chi connectivity index (χ0n) is 19.0. The summed E-state index contributed by atoms with van der Waals surface area (Å²) in [4.78, 5) is 25.9. The number of aryl methyl sites for hydroxylation is 1. The molecule has 0 heterocycles. The first-order valence-electron chi connectivity index (χ1n) is 11.1. The first kappa shape index (κ1) is 22.9. The summed E-state index contributed by atoms with van der Waals surface area (Å²) in [5.74, 6) is -0.354. The van der Waals surface area contributed by atoms with Crippen molar-refractivity contribution in [2.45, 2.75) is 77.9 Å². The topological polar surface area (TPSA) is 66.8 Å². The van der Waals surface area contributed by atoms with Crippen molar-refractivity contribution in [3.63, 3.8) is 0 Å². The minimum Gasteiger partial charge on any atom is -0.478 e. The lowest BCUT2D eigenvalue weighted by molar-refractivity contribution is 0.0576. The van der Waals surface area contributed by atoms with Crippen LogP contribution < -0.4 is 4.90 Å². The van der Waals surface area contributed by atoms with Crippen molar-refractivity contribution < 1.29 is 19.4 Å². The molecule has 1 fully saturated rings. The summed E-state index contributed by atoms with van der Waals surface area (Å²) in [7, 11) is 0. The number of carbonyl (C=O) groups excluding carboxylic acids is 1. The maximum absolute atomic E-state index is 13.0. The SMILES string of the molecule is Cc1cc(C(=O)O)ccc1N(Cc1ccc(C2CCCCC2)cc1)C(=O)OC(C)(C)C. The number of carbonyl (C=O) groups is 2. The van der Waals surface area contributed by atoms with E-state index in [1.165, 1.54) is 43.7 Å². The molecule has 1 amide bonds. The molecular formula is C26H33NO4. The molecular weight excluding hydrogens is 390 g/mol. The number of aromatic carboxylic acids is 1. The molecule has 1 saturated carbocycles. The molecule has 1 aliphatic rings. The molecule has 2 aromatic rings. The third-order valence-electron chi connectivity index (χ3n) is 5.75. The van der Waals surface area contributed by atoms with Crippen LogP contribution in [0.2, 0.25) is 0 Å². The molecule has 0 unspecified atom stereocenters. The molecule has 0 aliphatic heterocycles. The van der Waals surface area contributed by atoms with E-state index in [4.69, 9.17) is 4.74 Å². The molecule has 0 bridgehead atoms. The molecule has 0 spiro atoms. The molecule has 31 heavy (non-hydrogen) atoms. The normalized spacial score (nSPS) is 14.8. The van der Waals surface area contributed by atoms with Crippen LogP contribution in [0.1, 0.15) is 85.8 Å². The minimum atomic E-state index is -0.989. The summed E-state index contributed by atoms with van der Waals surface area (Å²) >= 11 is 0. The first-order valence-corrected chi connectivity index (χ1v) is 11.1. The average Bonchev–Trinajstić information content (AvgIpc) is 2.72. The highest BCUT2D eigenvalue weighted by molar-refractivity contribution is 5.92. The second kappa shape index (κ2) is 9.54. The molecule has 0 radical (unpaired) electrons. The molecule has 3 rings (SSSR count). The van der Waals surface area contributed by atoms with E-state index in [0.717, 1.165) is 5.56 Å². The number of carboxylic acid groups (broad SMARTS) is 1. The van der Waals surface area contributed by atoms with Gasteiger partial charge in [-0.3, -0.25) is 4.90 Å². The maximum Gasteiger partial charge on any atom is 0.415 e.